The summed E-state index contributed by atoms with van der Waals surface area (Å²) in [5.74, 6) is 1.07. The van der Waals surface area contributed by atoms with Crippen LogP contribution >= 0.6 is 0 Å². The monoisotopic (exact) mass is 325 g/mol. The number of aromatic nitrogens is 4. The van der Waals surface area contributed by atoms with E-state index in [4.69, 9.17) is 10.3 Å². The van der Waals surface area contributed by atoms with Gasteiger partial charge < -0.3 is 10.3 Å². The van der Waals surface area contributed by atoms with Gasteiger partial charge in [0.05, 0.1) is 23.0 Å². The smallest absolute Gasteiger partial charge is 0.261 e. The summed E-state index contributed by atoms with van der Waals surface area (Å²) >= 11 is 0. The summed E-state index contributed by atoms with van der Waals surface area (Å²) in [6.07, 6.45) is 2.65. The molecule has 2 heterocycles. The summed E-state index contributed by atoms with van der Waals surface area (Å²) in [7, 11) is 0. The number of hydrogen-bond acceptors (Lipinski definition) is 5. The van der Waals surface area contributed by atoms with Crippen molar-refractivity contribution in [3.63, 3.8) is 0 Å². The molecule has 0 amide bonds. The Labute approximate surface area is 141 Å². The van der Waals surface area contributed by atoms with E-state index in [0.717, 1.165) is 28.8 Å². The average Bonchev–Trinajstić information content (AvgIpc) is 3.20. The number of rotatable bonds is 4. The molecule has 0 aliphatic heterocycles. The predicted molar refractivity (Wildman–Crippen MR) is 93.2 cm³/mol. The molecule has 24 heavy (non-hydrogen) atoms. The number of hydrogen-bond donors (Lipinski definition) is 1. The standard InChI is InChI=1S/C18H23N5O/c1-5-15-14(11-20-23(15)18(2,3)4)17-21-16(22-24-17)13-8-6-12(10-19)7-9-13/h6-9,11H,5,10,19H2,1-4H3. The topological polar surface area (TPSA) is 82.8 Å². The molecule has 0 unspecified atom stereocenters. The van der Waals surface area contributed by atoms with E-state index >= 15 is 0 Å². The summed E-state index contributed by atoms with van der Waals surface area (Å²) in [4.78, 5) is 4.55. The molecule has 3 aromatic rings. The zero-order valence-corrected chi connectivity index (χ0v) is 14.6. The van der Waals surface area contributed by atoms with E-state index in [1.54, 1.807) is 6.20 Å². The van der Waals surface area contributed by atoms with Gasteiger partial charge in [0.15, 0.2) is 0 Å². The molecule has 126 valence electrons. The second kappa shape index (κ2) is 6.20. The van der Waals surface area contributed by atoms with Gasteiger partial charge >= 0.3 is 0 Å². The molecule has 0 fully saturated rings. The van der Waals surface area contributed by atoms with E-state index in [2.05, 4.69) is 42.9 Å². The van der Waals surface area contributed by atoms with Crippen molar-refractivity contribution >= 4 is 0 Å². The summed E-state index contributed by atoms with van der Waals surface area (Å²) in [5.41, 5.74) is 9.50. The molecule has 6 heteroatoms. The van der Waals surface area contributed by atoms with E-state index in [-0.39, 0.29) is 5.54 Å². The third-order valence-corrected chi connectivity index (χ3v) is 3.94. The number of nitrogens with two attached hydrogens (primary N) is 1. The second-order valence-corrected chi connectivity index (χ2v) is 6.77. The first-order valence-corrected chi connectivity index (χ1v) is 8.15. The van der Waals surface area contributed by atoms with Crippen molar-refractivity contribution in [1.29, 1.82) is 0 Å². The lowest BCUT2D eigenvalue weighted by atomic mass is 10.1. The highest BCUT2D eigenvalue weighted by atomic mass is 16.5. The van der Waals surface area contributed by atoms with Crippen LogP contribution in [0.25, 0.3) is 22.8 Å². The highest BCUT2D eigenvalue weighted by molar-refractivity contribution is 5.61. The average molecular weight is 325 g/mol. The Bertz CT molecular complexity index is 824. The van der Waals surface area contributed by atoms with E-state index in [1.807, 2.05) is 28.9 Å². The molecule has 0 aliphatic rings. The maximum atomic E-state index is 5.63. The fraction of sp³-hybridized carbons (Fsp3) is 0.389. The van der Waals surface area contributed by atoms with E-state index < -0.39 is 0 Å². The molecule has 2 N–H and O–H groups in total. The highest BCUT2D eigenvalue weighted by Gasteiger charge is 2.23. The first kappa shape index (κ1) is 16.4. The van der Waals surface area contributed by atoms with Gasteiger partial charge in [0.2, 0.25) is 5.82 Å². The molecule has 0 atom stereocenters. The zero-order valence-electron chi connectivity index (χ0n) is 14.6. The lowest BCUT2D eigenvalue weighted by Crippen LogP contribution is -2.25. The van der Waals surface area contributed by atoms with E-state index in [0.29, 0.717) is 18.3 Å². The Morgan fingerprint density at radius 1 is 1.17 bits per heavy atom. The predicted octanol–water partition coefficient (Wildman–Crippen LogP) is 3.38. The van der Waals surface area contributed by atoms with Crippen molar-refractivity contribution in [2.45, 2.75) is 46.2 Å². The van der Waals surface area contributed by atoms with Crippen LogP contribution < -0.4 is 5.73 Å². The summed E-state index contributed by atoms with van der Waals surface area (Å²) in [5, 5.41) is 8.63. The third-order valence-electron chi connectivity index (χ3n) is 3.94. The molecule has 3 rings (SSSR count). The third kappa shape index (κ3) is 2.97. The van der Waals surface area contributed by atoms with Crippen LogP contribution in [0.5, 0.6) is 0 Å². The molecule has 1 aromatic carbocycles. The number of benzene rings is 1. The second-order valence-electron chi connectivity index (χ2n) is 6.77. The van der Waals surface area contributed by atoms with E-state index in [9.17, 15) is 0 Å². The van der Waals surface area contributed by atoms with Gasteiger partial charge in [-0.25, -0.2) is 0 Å². The van der Waals surface area contributed by atoms with Crippen LogP contribution in [-0.4, -0.2) is 19.9 Å². The largest absolute Gasteiger partial charge is 0.333 e. The highest BCUT2D eigenvalue weighted by Crippen LogP contribution is 2.28. The van der Waals surface area contributed by atoms with Gasteiger partial charge in [0, 0.05) is 12.1 Å². The van der Waals surface area contributed by atoms with Gasteiger partial charge in [-0.3, -0.25) is 4.68 Å². The lowest BCUT2D eigenvalue weighted by molar-refractivity contribution is 0.344. The summed E-state index contributed by atoms with van der Waals surface area (Å²) < 4.78 is 7.51. The van der Waals surface area contributed by atoms with Crippen LogP contribution in [0.15, 0.2) is 35.0 Å². The van der Waals surface area contributed by atoms with Gasteiger partial charge in [-0.15, -0.1) is 0 Å². The van der Waals surface area contributed by atoms with Crippen LogP contribution in [0.1, 0.15) is 39.0 Å². The zero-order chi connectivity index (χ0) is 17.3. The molecule has 2 aromatic heterocycles. The minimum absolute atomic E-state index is 0.0928. The van der Waals surface area contributed by atoms with Gasteiger partial charge in [0.25, 0.3) is 5.89 Å². The number of nitrogens with zero attached hydrogens (tertiary/aromatic N) is 4. The van der Waals surface area contributed by atoms with E-state index in [1.165, 1.54) is 0 Å². The van der Waals surface area contributed by atoms with Gasteiger partial charge in [-0.1, -0.05) is 36.3 Å². The van der Waals surface area contributed by atoms with Crippen LogP contribution in [-0.2, 0) is 18.5 Å². The molecule has 0 aliphatic carbocycles. The summed E-state index contributed by atoms with van der Waals surface area (Å²) in [6, 6.07) is 7.85. The molecule has 0 saturated carbocycles. The molecule has 6 nitrogen and oxygen atoms in total. The van der Waals surface area contributed by atoms with Gasteiger partial charge in [-0.2, -0.15) is 10.1 Å². The fourth-order valence-electron chi connectivity index (χ4n) is 2.71. The van der Waals surface area contributed by atoms with Crippen LogP contribution in [0.4, 0.5) is 0 Å². The van der Waals surface area contributed by atoms with Crippen molar-refractivity contribution in [2.24, 2.45) is 5.73 Å². The molecular weight excluding hydrogens is 302 g/mol. The van der Waals surface area contributed by atoms with Crippen molar-refractivity contribution in [3.05, 3.63) is 41.7 Å². The Hall–Kier alpha value is -2.47. The maximum Gasteiger partial charge on any atom is 0.261 e. The molecule has 0 saturated heterocycles. The fourth-order valence-corrected chi connectivity index (χ4v) is 2.71. The van der Waals surface area contributed by atoms with Crippen molar-refractivity contribution in [3.8, 4) is 22.8 Å². The van der Waals surface area contributed by atoms with Crippen molar-refractivity contribution in [1.82, 2.24) is 19.9 Å². The molecule has 0 spiro atoms. The van der Waals surface area contributed by atoms with Crippen molar-refractivity contribution < 1.29 is 4.52 Å². The van der Waals surface area contributed by atoms with Crippen LogP contribution in [0, 0.1) is 0 Å². The minimum Gasteiger partial charge on any atom is -0.333 e. The first-order valence-electron chi connectivity index (χ1n) is 8.15. The Balaban J connectivity index is 1.97. The normalized spacial score (nSPS) is 11.9. The SMILES string of the molecule is CCc1c(-c2nc(-c3ccc(CN)cc3)no2)cnn1C(C)(C)C. The molecule has 0 radical (unpaired) electrons. The van der Waals surface area contributed by atoms with Gasteiger partial charge in [-0.05, 0) is 32.8 Å². The lowest BCUT2D eigenvalue weighted by Gasteiger charge is -2.22. The maximum absolute atomic E-state index is 5.63. The Morgan fingerprint density at radius 3 is 2.46 bits per heavy atom. The van der Waals surface area contributed by atoms with Gasteiger partial charge in [0.1, 0.15) is 0 Å². The molecule has 0 bridgehead atoms. The Morgan fingerprint density at radius 2 is 1.88 bits per heavy atom. The quantitative estimate of drug-likeness (QED) is 0.795. The van der Waals surface area contributed by atoms with Crippen molar-refractivity contribution in [2.75, 3.05) is 0 Å². The summed E-state index contributed by atoms with van der Waals surface area (Å²) in [6.45, 7) is 9.00. The van der Waals surface area contributed by atoms with Crippen LogP contribution in [0.2, 0.25) is 0 Å². The first-order chi connectivity index (χ1) is 11.4. The Kier molecular flexibility index (Phi) is 4.24. The van der Waals surface area contributed by atoms with Crippen LogP contribution in [0.3, 0.4) is 0 Å². The minimum atomic E-state index is -0.0928. The molecular formula is C18H23N5O.